The van der Waals surface area contributed by atoms with Gasteiger partial charge in [0.15, 0.2) is 0 Å². The van der Waals surface area contributed by atoms with Crippen molar-refractivity contribution >= 4 is 6.08 Å². The Balaban J connectivity index is 1.99. The summed E-state index contributed by atoms with van der Waals surface area (Å²) in [6.07, 6.45) is 6.86. The van der Waals surface area contributed by atoms with Crippen molar-refractivity contribution in [2.45, 2.75) is 12.8 Å². The predicted octanol–water partition coefficient (Wildman–Crippen LogP) is 2.63. The third-order valence-corrected chi connectivity index (χ3v) is 2.58. The van der Waals surface area contributed by atoms with Crippen LogP contribution in [-0.2, 0) is 0 Å². The van der Waals surface area contributed by atoms with Crippen molar-refractivity contribution in [3.05, 3.63) is 42.0 Å². The predicted molar refractivity (Wildman–Crippen MR) is 76.1 cm³/mol. The molecule has 1 aromatic rings. The largest absolute Gasteiger partial charge is 0.313 e. The maximum atomic E-state index is 3.42. The van der Waals surface area contributed by atoms with Crippen molar-refractivity contribution in [1.29, 1.82) is 0 Å². The van der Waals surface area contributed by atoms with Gasteiger partial charge in [0.2, 0.25) is 0 Å². The summed E-state index contributed by atoms with van der Waals surface area (Å²) in [5.41, 5.74) is 1.27. The van der Waals surface area contributed by atoms with E-state index in [1.807, 2.05) is 6.07 Å². The van der Waals surface area contributed by atoms with E-state index in [-0.39, 0.29) is 0 Å². The van der Waals surface area contributed by atoms with Crippen LogP contribution in [0.25, 0.3) is 6.08 Å². The Bertz CT molecular complexity index is 304. The SMILES string of the molecule is CN(C)CCCCNCC=Cc1ccccc1. The van der Waals surface area contributed by atoms with Crippen molar-refractivity contribution in [2.75, 3.05) is 33.7 Å². The molecule has 0 saturated heterocycles. The first-order chi connectivity index (χ1) is 8.29. The van der Waals surface area contributed by atoms with Gasteiger partial charge in [0, 0.05) is 6.54 Å². The van der Waals surface area contributed by atoms with Gasteiger partial charge in [0.1, 0.15) is 0 Å². The first kappa shape index (κ1) is 13.9. The lowest BCUT2D eigenvalue weighted by atomic mass is 10.2. The topological polar surface area (TPSA) is 15.3 Å². The molecule has 0 saturated carbocycles. The van der Waals surface area contributed by atoms with Crippen LogP contribution in [-0.4, -0.2) is 38.6 Å². The van der Waals surface area contributed by atoms with Crippen LogP contribution in [0.3, 0.4) is 0 Å². The Hall–Kier alpha value is -1.12. The summed E-state index contributed by atoms with van der Waals surface area (Å²) in [5.74, 6) is 0. The van der Waals surface area contributed by atoms with Gasteiger partial charge in [-0.05, 0) is 45.6 Å². The molecule has 0 radical (unpaired) electrons. The highest BCUT2D eigenvalue weighted by molar-refractivity contribution is 5.48. The second-order valence-electron chi connectivity index (χ2n) is 4.53. The summed E-state index contributed by atoms with van der Waals surface area (Å²) in [5, 5.41) is 3.42. The van der Waals surface area contributed by atoms with E-state index in [1.165, 1.54) is 24.9 Å². The number of benzene rings is 1. The number of hydrogen-bond donors (Lipinski definition) is 1. The average Bonchev–Trinajstić information content (AvgIpc) is 2.33. The van der Waals surface area contributed by atoms with Gasteiger partial charge < -0.3 is 10.2 Å². The molecule has 0 aromatic heterocycles. The number of nitrogens with one attached hydrogen (secondary N) is 1. The summed E-state index contributed by atoms with van der Waals surface area (Å²) >= 11 is 0. The summed E-state index contributed by atoms with van der Waals surface area (Å²) < 4.78 is 0. The lowest BCUT2D eigenvalue weighted by Crippen LogP contribution is -2.18. The van der Waals surface area contributed by atoms with E-state index in [4.69, 9.17) is 0 Å². The van der Waals surface area contributed by atoms with Crippen molar-refractivity contribution in [1.82, 2.24) is 10.2 Å². The monoisotopic (exact) mass is 232 g/mol. The molecule has 0 amide bonds. The van der Waals surface area contributed by atoms with Gasteiger partial charge >= 0.3 is 0 Å². The molecule has 0 heterocycles. The standard InChI is InChI=1S/C15H24N2/c1-17(2)14-7-6-12-16-13-8-11-15-9-4-3-5-10-15/h3-5,8-11,16H,6-7,12-14H2,1-2H3. The number of hydrogen-bond acceptors (Lipinski definition) is 2. The molecule has 0 aliphatic heterocycles. The Labute approximate surface area is 105 Å². The van der Waals surface area contributed by atoms with Crippen LogP contribution in [0.5, 0.6) is 0 Å². The van der Waals surface area contributed by atoms with Crippen LogP contribution < -0.4 is 5.32 Å². The van der Waals surface area contributed by atoms with Gasteiger partial charge in [-0.2, -0.15) is 0 Å². The zero-order valence-corrected chi connectivity index (χ0v) is 11.0. The van der Waals surface area contributed by atoms with E-state index >= 15 is 0 Å². The highest BCUT2D eigenvalue weighted by Gasteiger charge is 1.90. The Morgan fingerprint density at radius 2 is 1.88 bits per heavy atom. The fraction of sp³-hybridized carbons (Fsp3) is 0.467. The summed E-state index contributed by atoms with van der Waals surface area (Å²) in [6.45, 7) is 3.24. The lowest BCUT2D eigenvalue weighted by Gasteiger charge is -2.08. The van der Waals surface area contributed by atoms with Crippen LogP contribution >= 0.6 is 0 Å². The summed E-state index contributed by atoms with van der Waals surface area (Å²) in [7, 11) is 4.24. The third-order valence-electron chi connectivity index (χ3n) is 2.58. The van der Waals surface area contributed by atoms with E-state index in [0.717, 1.165) is 13.1 Å². The third kappa shape index (κ3) is 7.72. The van der Waals surface area contributed by atoms with Gasteiger partial charge in [-0.1, -0.05) is 42.5 Å². The molecular formula is C15H24N2. The Kier molecular flexibility index (Phi) is 7.35. The highest BCUT2D eigenvalue weighted by Crippen LogP contribution is 1.99. The zero-order chi connectivity index (χ0) is 12.3. The van der Waals surface area contributed by atoms with Gasteiger partial charge in [0.25, 0.3) is 0 Å². The highest BCUT2D eigenvalue weighted by atomic mass is 15.0. The molecular weight excluding hydrogens is 208 g/mol. The smallest absolute Gasteiger partial charge is 0.0138 e. The molecule has 1 aromatic carbocycles. The van der Waals surface area contributed by atoms with Crippen molar-refractivity contribution < 1.29 is 0 Å². The van der Waals surface area contributed by atoms with Crippen molar-refractivity contribution in [3.8, 4) is 0 Å². The van der Waals surface area contributed by atoms with Crippen LogP contribution in [0.4, 0.5) is 0 Å². The number of nitrogens with zero attached hydrogens (tertiary/aromatic N) is 1. The normalized spacial score (nSPS) is 11.5. The maximum absolute atomic E-state index is 3.42. The fourth-order valence-corrected chi connectivity index (χ4v) is 1.62. The van der Waals surface area contributed by atoms with Gasteiger partial charge in [0.05, 0.1) is 0 Å². The second-order valence-corrected chi connectivity index (χ2v) is 4.53. The minimum absolute atomic E-state index is 0.955. The Morgan fingerprint density at radius 1 is 1.12 bits per heavy atom. The van der Waals surface area contributed by atoms with Crippen LogP contribution in [0.1, 0.15) is 18.4 Å². The molecule has 0 bridgehead atoms. The number of unbranched alkanes of at least 4 members (excludes halogenated alkanes) is 1. The van der Waals surface area contributed by atoms with E-state index < -0.39 is 0 Å². The van der Waals surface area contributed by atoms with Gasteiger partial charge in [-0.25, -0.2) is 0 Å². The molecule has 0 aliphatic carbocycles. The first-order valence-corrected chi connectivity index (χ1v) is 6.36. The zero-order valence-electron chi connectivity index (χ0n) is 11.0. The van der Waals surface area contributed by atoms with Crippen LogP contribution in [0.15, 0.2) is 36.4 Å². The van der Waals surface area contributed by atoms with Crippen LogP contribution in [0.2, 0.25) is 0 Å². The van der Waals surface area contributed by atoms with E-state index in [9.17, 15) is 0 Å². The molecule has 0 aliphatic rings. The second kappa shape index (κ2) is 8.97. The lowest BCUT2D eigenvalue weighted by molar-refractivity contribution is 0.392. The number of rotatable bonds is 8. The summed E-state index contributed by atoms with van der Waals surface area (Å²) in [6, 6.07) is 10.4. The molecule has 1 N–H and O–H groups in total. The minimum Gasteiger partial charge on any atom is -0.313 e. The van der Waals surface area contributed by atoms with Crippen molar-refractivity contribution in [2.24, 2.45) is 0 Å². The molecule has 1 rings (SSSR count). The minimum atomic E-state index is 0.955. The Morgan fingerprint density at radius 3 is 2.59 bits per heavy atom. The molecule has 0 atom stereocenters. The van der Waals surface area contributed by atoms with E-state index in [1.54, 1.807) is 0 Å². The molecule has 94 valence electrons. The molecule has 0 spiro atoms. The quantitative estimate of drug-likeness (QED) is 0.693. The summed E-state index contributed by atoms with van der Waals surface area (Å²) in [4.78, 5) is 2.23. The van der Waals surface area contributed by atoms with Gasteiger partial charge in [-0.3, -0.25) is 0 Å². The van der Waals surface area contributed by atoms with E-state index in [2.05, 4.69) is 60.7 Å². The van der Waals surface area contributed by atoms with Crippen LogP contribution in [0, 0.1) is 0 Å². The molecule has 17 heavy (non-hydrogen) atoms. The fourth-order valence-electron chi connectivity index (χ4n) is 1.62. The van der Waals surface area contributed by atoms with Gasteiger partial charge in [-0.15, -0.1) is 0 Å². The van der Waals surface area contributed by atoms with Crippen molar-refractivity contribution in [3.63, 3.8) is 0 Å². The molecule has 0 fully saturated rings. The average molecular weight is 232 g/mol. The molecule has 0 unspecified atom stereocenters. The molecule has 2 nitrogen and oxygen atoms in total. The molecule has 2 heteroatoms. The van der Waals surface area contributed by atoms with E-state index in [0.29, 0.717) is 0 Å². The maximum Gasteiger partial charge on any atom is 0.0138 e. The first-order valence-electron chi connectivity index (χ1n) is 6.36.